The number of fused-ring (bicyclic) bond motifs is 1. The maximum atomic E-state index is 11.3. The fraction of sp³-hybridized carbons (Fsp3) is 0.286. The summed E-state index contributed by atoms with van der Waals surface area (Å²) >= 11 is 1.59. The summed E-state index contributed by atoms with van der Waals surface area (Å²) in [6.07, 6.45) is 2.71. The third kappa shape index (κ3) is 3.84. The molecule has 0 fully saturated rings. The van der Waals surface area contributed by atoms with Gasteiger partial charge in [-0.1, -0.05) is 43.4 Å². The van der Waals surface area contributed by atoms with Gasteiger partial charge in [-0.05, 0) is 54.5 Å². The number of rotatable bonds is 5. The summed E-state index contributed by atoms with van der Waals surface area (Å²) in [6, 6.07) is 13.2. The number of nitrogens with zero attached hydrogens (tertiary/aromatic N) is 2. The molecule has 0 atom stereocenters. The number of carboxylic acids is 1. The van der Waals surface area contributed by atoms with Crippen LogP contribution in [-0.2, 0) is 0 Å². The Morgan fingerprint density at radius 2 is 1.93 bits per heavy atom. The summed E-state index contributed by atoms with van der Waals surface area (Å²) in [5.74, 6) is -1.01. The van der Waals surface area contributed by atoms with Crippen molar-refractivity contribution in [3.8, 4) is 0 Å². The smallest absolute Gasteiger partial charge is 0.354 e. The molecule has 4 rings (SSSR count). The number of carbonyl (C=O) groups is 1. The van der Waals surface area contributed by atoms with E-state index in [1.54, 1.807) is 17.4 Å². The van der Waals surface area contributed by atoms with Crippen LogP contribution in [0.5, 0.6) is 0 Å². The second-order valence-corrected chi connectivity index (χ2v) is 8.78. The molecule has 0 radical (unpaired) electrons. The Hall–Kier alpha value is -2.93. The lowest BCUT2D eigenvalue weighted by Crippen LogP contribution is -2.29. The molecule has 144 valence electrons. The number of para-hydroxylation sites is 1. The molecule has 0 amide bonds. The summed E-state index contributed by atoms with van der Waals surface area (Å²) < 4.78 is 1.13. The second-order valence-electron chi connectivity index (χ2n) is 7.75. The standard InChI is InChI=1S/C21H22N4O2S/c1-21(2)11-10-13(14-7-5-8-16(22-14)19(26)27)17(12-21)24-25-20-23-15-6-3-4-9-18(15)28-20/h3-9,24H,10-12H2,1-2H3,(H,23,25)(H,26,27). The monoisotopic (exact) mass is 394 g/mol. The van der Waals surface area contributed by atoms with Crippen molar-refractivity contribution < 1.29 is 9.90 Å². The zero-order valence-electron chi connectivity index (χ0n) is 15.8. The molecule has 1 aromatic carbocycles. The largest absolute Gasteiger partial charge is 0.477 e. The molecular weight excluding hydrogens is 372 g/mol. The van der Waals surface area contributed by atoms with E-state index < -0.39 is 5.97 Å². The number of carboxylic acid groups (broad SMARTS) is 1. The fourth-order valence-electron chi connectivity index (χ4n) is 3.47. The molecule has 0 saturated heterocycles. The Balaban J connectivity index is 1.64. The first-order valence-corrected chi connectivity index (χ1v) is 10.0. The van der Waals surface area contributed by atoms with Crippen LogP contribution in [0, 0.1) is 5.41 Å². The molecule has 3 N–H and O–H groups in total. The maximum Gasteiger partial charge on any atom is 0.354 e. The molecular formula is C21H22N4O2S. The van der Waals surface area contributed by atoms with Crippen molar-refractivity contribution in [3.05, 3.63) is 59.5 Å². The van der Waals surface area contributed by atoms with Gasteiger partial charge in [0, 0.05) is 5.70 Å². The van der Waals surface area contributed by atoms with Crippen LogP contribution in [0.4, 0.5) is 5.13 Å². The first kappa shape index (κ1) is 18.4. The van der Waals surface area contributed by atoms with Crippen molar-refractivity contribution in [2.45, 2.75) is 33.1 Å². The van der Waals surface area contributed by atoms with Crippen molar-refractivity contribution in [1.82, 2.24) is 15.4 Å². The number of thiazole rings is 1. The molecule has 0 bridgehead atoms. The predicted molar refractivity (Wildman–Crippen MR) is 112 cm³/mol. The van der Waals surface area contributed by atoms with Gasteiger partial charge in [-0.2, -0.15) is 0 Å². The van der Waals surface area contributed by atoms with E-state index in [0.29, 0.717) is 5.69 Å². The van der Waals surface area contributed by atoms with E-state index in [-0.39, 0.29) is 11.1 Å². The van der Waals surface area contributed by atoms with Crippen LogP contribution < -0.4 is 10.9 Å². The van der Waals surface area contributed by atoms with E-state index >= 15 is 0 Å². The molecule has 0 spiro atoms. The number of pyridine rings is 1. The Bertz CT molecular complexity index is 1040. The topological polar surface area (TPSA) is 87.1 Å². The summed E-state index contributed by atoms with van der Waals surface area (Å²) in [5, 5.41) is 10.1. The quantitative estimate of drug-likeness (QED) is 0.532. The van der Waals surface area contributed by atoms with Crippen LogP contribution in [-0.4, -0.2) is 21.0 Å². The highest BCUT2D eigenvalue weighted by Crippen LogP contribution is 2.41. The van der Waals surface area contributed by atoms with Crippen molar-refractivity contribution in [2.24, 2.45) is 5.41 Å². The van der Waals surface area contributed by atoms with Gasteiger partial charge in [0.15, 0.2) is 0 Å². The number of nitrogens with one attached hydrogen (secondary N) is 2. The van der Waals surface area contributed by atoms with Crippen molar-refractivity contribution in [3.63, 3.8) is 0 Å². The SMILES string of the molecule is CC1(C)CCC(c2cccc(C(=O)O)n2)=C(NNc2nc3ccccc3s2)C1. The van der Waals surface area contributed by atoms with Gasteiger partial charge >= 0.3 is 5.97 Å². The summed E-state index contributed by atoms with van der Waals surface area (Å²) in [4.78, 5) is 20.2. The number of aromatic nitrogens is 2. The molecule has 0 unspecified atom stereocenters. The lowest BCUT2D eigenvalue weighted by molar-refractivity contribution is 0.0690. The lowest BCUT2D eigenvalue weighted by Gasteiger charge is -2.33. The Kier molecular flexibility index (Phi) is 4.77. The van der Waals surface area contributed by atoms with E-state index in [4.69, 9.17) is 0 Å². The lowest BCUT2D eigenvalue weighted by atomic mass is 9.76. The van der Waals surface area contributed by atoms with Gasteiger partial charge in [-0.15, -0.1) is 0 Å². The molecule has 2 heterocycles. The number of allylic oxidation sites excluding steroid dienone is 2. The van der Waals surface area contributed by atoms with Crippen LogP contribution in [0.15, 0.2) is 48.2 Å². The van der Waals surface area contributed by atoms with Crippen molar-refractivity contribution in [1.29, 1.82) is 0 Å². The number of aromatic carboxylic acids is 1. The van der Waals surface area contributed by atoms with Gasteiger partial charge in [-0.25, -0.2) is 14.8 Å². The molecule has 0 saturated carbocycles. The van der Waals surface area contributed by atoms with Gasteiger partial charge in [0.1, 0.15) is 5.69 Å². The normalized spacial score (nSPS) is 16.2. The fourth-order valence-corrected chi connectivity index (χ4v) is 4.29. The zero-order valence-corrected chi connectivity index (χ0v) is 16.6. The summed E-state index contributed by atoms with van der Waals surface area (Å²) in [6.45, 7) is 4.48. The average molecular weight is 395 g/mol. The van der Waals surface area contributed by atoms with Gasteiger partial charge in [-0.3, -0.25) is 5.43 Å². The number of hydrazine groups is 1. The minimum Gasteiger partial charge on any atom is -0.477 e. The third-order valence-electron chi connectivity index (χ3n) is 4.96. The van der Waals surface area contributed by atoms with Crippen molar-refractivity contribution >= 4 is 38.2 Å². The van der Waals surface area contributed by atoms with E-state index in [2.05, 4.69) is 34.7 Å². The minimum absolute atomic E-state index is 0.0633. The van der Waals surface area contributed by atoms with Gasteiger partial charge in [0.05, 0.1) is 15.9 Å². The molecule has 6 nitrogen and oxygen atoms in total. The van der Waals surface area contributed by atoms with Gasteiger partial charge < -0.3 is 10.5 Å². The molecule has 3 aromatic rings. The number of hydrogen-bond donors (Lipinski definition) is 3. The second kappa shape index (κ2) is 7.24. The van der Waals surface area contributed by atoms with Crippen LogP contribution >= 0.6 is 11.3 Å². The van der Waals surface area contributed by atoms with Gasteiger partial charge in [0.2, 0.25) is 5.13 Å². The van der Waals surface area contributed by atoms with Gasteiger partial charge in [0.25, 0.3) is 0 Å². The van der Waals surface area contributed by atoms with E-state index in [9.17, 15) is 9.90 Å². The van der Waals surface area contributed by atoms with Crippen LogP contribution in [0.25, 0.3) is 15.8 Å². The molecule has 1 aliphatic carbocycles. The van der Waals surface area contributed by atoms with Crippen LogP contribution in [0.2, 0.25) is 0 Å². The molecule has 28 heavy (non-hydrogen) atoms. The molecule has 1 aliphatic rings. The zero-order chi connectivity index (χ0) is 19.7. The minimum atomic E-state index is -1.01. The molecule has 7 heteroatoms. The maximum absolute atomic E-state index is 11.3. The van der Waals surface area contributed by atoms with E-state index in [1.807, 2.05) is 30.3 Å². The van der Waals surface area contributed by atoms with E-state index in [0.717, 1.165) is 45.9 Å². The first-order chi connectivity index (χ1) is 13.4. The Morgan fingerprint density at radius 3 is 2.71 bits per heavy atom. The first-order valence-electron chi connectivity index (χ1n) is 9.22. The predicted octanol–water partition coefficient (Wildman–Crippen LogP) is 4.93. The average Bonchev–Trinajstić information content (AvgIpc) is 3.09. The number of anilines is 1. The number of hydrogen-bond acceptors (Lipinski definition) is 6. The molecule has 2 aromatic heterocycles. The third-order valence-corrected chi connectivity index (χ3v) is 5.91. The highest BCUT2D eigenvalue weighted by Gasteiger charge is 2.28. The highest BCUT2D eigenvalue weighted by molar-refractivity contribution is 7.22. The molecule has 0 aliphatic heterocycles. The Labute approximate surface area is 167 Å². The summed E-state index contributed by atoms with van der Waals surface area (Å²) in [7, 11) is 0. The Morgan fingerprint density at radius 1 is 1.11 bits per heavy atom. The van der Waals surface area contributed by atoms with Crippen molar-refractivity contribution in [2.75, 3.05) is 5.43 Å². The van der Waals surface area contributed by atoms with E-state index in [1.165, 1.54) is 6.07 Å². The summed E-state index contributed by atoms with van der Waals surface area (Å²) in [5.41, 5.74) is 10.6. The highest BCUT2D eigenvalue weighted by atomic mass is 32.1. The number of benzene rings is 1. The van der Waals surface area contributed by atoms with Crippen LogP contribution in [0.1, 0.15) is 49.3 Å². The van der Waals surface area contributed by atoms with Crippen LogP contribution in [0.3, 0.4) is 0 Å².